The van der Waals surface area contributed by atoms with Gasteiger partial charge in [-0.2, -0.15) is 0 Å². The van der Waals surface area contributed by atoms with Crippen molar-refractivity contribution in [3.05, 3.63) is 11.6 Å². The van der Waals surface area contributed by atoms with Gasteiger partial charge >= 0.3 is 0 Å². The fraction of sp³-hybridized carbons (Fsp3) is 0.969. The topological polar surface area (TPSA) is 484 Å². The van der Waals surface area contributed by atoms with Crippen LogP contribution in [0.3, 0.4) is 0 Å². The van der Waals surface area contributed by atoms with E-state index >= 15 is 0 Å². The van der Waals surface area contributed by atoms with Gasteiger partial charge in [0.15, 0.2) is 37.7 Å². The molecule has 11 aliphatic rings. The van der Waals surface area contributed by atoms with Gasteiger partial charge in [0.1, 0.15) is 128 Å². The maximum atomic E-state index is 12.9. The molecule has 1 spiro atoms. The van der Waals surface area contributed by atoms with E-state index in [-0.39, 0.29) is 52.4 Å². The summed E-state index contributed by atoms with van der Waals surface area (Å²) in [6, 6.07) is 0. The van der Waals surface area contributed by atoms with Gasteiger partial charge in [0.25, 0.3) is 0 Å². The SMILES string of the molecule is CC(C)=C[C@@H](C[C@](C)(O)[C@@H]1[C@@H]2C[C@@]3(CO2)[C@H]1CC[C@H]1[C@@]2(C)CC[C@H](O[C@@H]4OC[C@H](O)[C@@H](O[C@H]5O[C@@H](CO[C@H]6O[C@H](CO)[C@@H](O)[C@H](O)[C@@H]6O)[C@@H](O)[C@H](O)[C@H]5O[C@H]5OC[C@H](O)[C@H](O)[C@H]5O)[C@H]4O[C@H]4O[C@@H](C)[C@H](O)[C@@H](O)[C@H]4O)C(C)(C)[C@H]2CC[C@@]13C)O[C@H]1O[C@H](CO)[C@@H](O)[C@@H](O)[C@H]1O. The molecule has 7 heterocycles. The van der Waals surface area contributed by atoms with Crippen LogP contribution in [0.4, 0.5) is 0 Å². The van der Waals surface area contributed by atoms with Crippen LogP contribution >= 0.6 is 0 Å². The summed E-state index contributed by atoms with van der Waals surface area (Å²) in [7, 11) is 0. The molecular weight excluding hydrogens is 1260 g/mol. The Bertz CT molecular complexity index is 2580. The van der Waals surface area contributed by atoms with E-state index in [1.54, 1.807) is 0 Å². The first-order valence-corrected chi connectivity index (χ1v) is 33.8. The molecule has 4 saturated carbocycles. The van der Waals surface area contributed by atoms with Gasteiger partial charge in [-0.3, -0.25) is 0 Å². The van der Waals surface area contributed by atoms with Crippen LogP contribution < -0.4 is 0 Å². The molecule has 95 heavy (non-hydrogen) atoms. The van der Waals surface area contributed by atoms with E-state index in [1.807, 2.05) is 26.8 Å². The summed E-state index contributed by atoms with van der Waals surface area (Å²) >= 11 is 0. The molecule has 2 bridgehead atoms. The average Bonchev–Trinajstić information content (AvgIpc) is 1.56. The molecule has 0 radical (unpaired) electrons. The molecule has 0 unspecified atom stereocenters. The lowest BCUT2D eigenvalue weighted by Crippen LogP contribution is -2.68. The Morgan fingerprint density at radius 3 is 1.77 bits per heavy atom. The number of aliphatic hydroxyl groups is 18. The maximum absolute atomic E-state index is 12.9. The maximum Gasteiger partial charge on any atom is 0.187 e. The van der Waals surface area contributed by atoms with Gasteiger partial charge in [0.2, 0.25) is 0 Å². The van der Waals surface area contributed by atoms with Gasteiger partial charge in [-0.1, -0.05) is 39.3 Å². The van der Waals surface area contributed by atoms with Crippen molar-refractivity contribution in [2.45, 2.75) is 303 Å². The molecule has 31 nitrogen and oxygen atoms in total. The number of hydrogen-bond donors (Lipinski definition) is 18. The normalized spacial score (nSPS) is 54.0. The van der Waals surface area contributed by atoms with Crippen LogP contribution in [0, 0.1) is 45.3 Å². The smallest absolute Gasteiger partial charge is 0.187 e. The Morgan fingerprint density at radius 2 is 1.11 bits per heavy atom. The fourth-order valence-corrected chi connectivity index (χ4v) is 19.2. The van der Waals surface area contributed by atoms with Gasteiger partial charge in [-0.05, 0) is 107 Å². The summed E-state index contributed by atoms with van der Waals surface area (Å²) in [6.45, 7) is 13.3. The van der Waals surface area contributed by atoms with E-state index in [1.165, 1.54) is 6.92 Å². The predicted octanol–water partition coefficient (Wildman–Crippen LogP) is -5.26. The molecule has 548 valence electrons. The summed E-state index contributed by atoms with van der Waals surface area (Å²) in [5, 5.41) is 197. The van der Waals surface area contributed by atoms with Crippen molar-refractivity contribution in [1.82, 2.24) is 0 Å². The first-order chi connectivity index (χ1) is 44.6. The van der Waals surface area contributed by atoms with Crippen molar-refractivity contribution in [3.8, 4) is 0 Å². The first kappa shape index (κ1) is 74.7. The van der Waals surface area contributed by atoms with E-state index in [9.17, 15) is 91.9 Å². The Morgan fingerprint density at radius 1 is 0.537 bits per heavy atom. The van der Waals surface area contributed by atoms with E-state index in [0.717, 1.165) is 37.7 Å². The van der Waals surface area contributed by atoms with Gasteiger partial charge in [-0.25, -0.2) is 0 Å². The second kappa shape index (κ2) is 28.6. The molecule has 0 amide bonds. The van der Waals surface area contributed by atoms with E-state index in [4.69, 9.17) is 61.6 Å². The Hall–Kier alpha value is -1.50. The molecule has 4 aliphatic carbocycles. The second-order valence-corrected chi connectivity index (χ2v) is 30.7. The van der Waals surface area contributed by atoms with Gasteiger partial charge in [0, 0.05) is 17.8 Å². The minimum Gasteiger partial charge on any atom is -0.394 e. The zero-order valence-corrected chi connectivity index (χ0v) is 55.0. The van der Waals surface area contributed by atoms with E-state index in [0.29, 0.717) is 19.4 Å². The third-order valence-corrected chi connectivity index (χ3v) is 24.3. The molecule has 11 fully saturated rings. The number of allylic oxidation sites excluding steroid dienone is 1. The van der Waals surface area contributed by atoms with Gasteiger partial charge < -0.3 is 153 Å². The van der Waals surface area contributed by atoms with Crippen LogP contribution in [-0.4, -0.2) is 327 Å². The molecule has 0 aromatic rings. The highest BCUT2D eigenvalue weighted by molar-refractivity contribution is 5.24. The minimum atomic E-state index is -2.07. The first-order valence-electron chi connectivity index (χ1n) is 33.8. The predicted molar refractivity (Wildman–Crippen MR) is 318 cm³/mol. The van der Waals surface area contributed by atoms with Crippen molar-refractivity contribution in [2.24, 2.45) is 45.3 Å². The number of rotatable bonds is 19. The third-order valence-electron chi connectivity index (χ3n) is 24.3. The largest absolute Gasteiger partial charge is 0.394 e. The van der Waals surface area contributed by atoms with Crippen molar-refractivity contribution in [2.75, 3.05) is 39.6 Å². The van der Waals surface area contributed by atoms with Gasteiger partial charge in [-0.15, -0.1) is 0 Å². The second-order valence-electron chi connectivity index (χ2n) is 30.7. The van der Waals surface area contributed by atoms with Crippen molar-refractivity contribution in [3.63, 3.8) is 0 Å². The van der Waals surface area contributed by atoms with E-state index < -0.39 is 228 Å². The number of fused-ring (bicyclic) bond motifs is 4. The van der Waals surface area contributed by atoms with Gasteiger partial charge in [0.05, 0.1) is 69.7 Å². The lowest BCUT2D eigenvalue weighted by atomic mass is 9.35. The molecule has 18 N–H and O–H groups in total. The van der Waals surface area contributed by atoms with Crippen molar-refractivity contribution in [1.29, 1.82) is 0 Å². The molecule has 39 atom stereocenters. The molecular formula is C64H106O31. The minimum absolute atomic E-state index is 0.0322. The third kappa shape index (κ3) is 13.4. The van der Waals surface area contributed by atoms with Crippen LogP contribution in [-0.2, 0) is 61.6 Å². The molecule has 0 aromatic heterocycles. The Balaban J connectivity index is 0.840. The zero-order valence-electron chi connectivity index (χ0n) is 55.0. The van der Waals surface area contributed by atoms with Crippen LogP contribution in [0.1, 0.15) is 107 Å². The highest BCUT2D eigenvalue weighted by atomic mass is 16.8. The van der Waals surface area contributed by atoms with Crippen molar-refractivity contribution >= 4 is 0 Å². The number of aliphatic hydroxyl groups excluding tert-OH is 17. The monoisotopic (exact) mass is 1370 g/mol. The Labute approximate surface area is 551 Å². The molecule has 0 aromatic carbocycles. The van der Waals surface area contributed by atoms with Crippen LogP contribution in [0.15, 0.2) is 11.6 Å². The molecule has 7 saturated heterocycles. The summed E-state index contributed by atoms with van der Waals surface area (Å²) in [6.07, 6.45) is -42.1. The van der Waals surface area contributed by atoms with Crippen LogP contribution in [0.25, 0.3) is 0 Å². The zero-order chi connectivity index (χ0) is 69.1. The molecule has 11 rings (SSSR count). The Kier molecular flexibility index (Phi) is 22.5. The highest BCUT2D eigenvalue weighted by Crippen LogP contribution is 2.78. The fourth-order valence-electron chi connectivity index (χ4n) is 19.2. The lowest BCUT2D eigenvalue weighted by Gasteiger charge is -2.70. The van der Waals surface area contributed by atoms with Crippen molar-refractivity contribution < 1.29 is 153 Å². The number of ether oxygens (including phenoxy) is 13. The average molecular weight is 1370 g/mol. The van der Waals surface area contributed by atoms with Crippen LogP contribution in [0.5, 0.6) is 0 Å². The summed E-state index contributed by atoms with van der Waals surface area (Å²) < 4.78 is 80.5. The lowest BCUT2D eigenvalue weighted by molar-refractivity contribution is -0.401. The summed E-state index contributed by atoms with van der Waals surface area (Å²) in [4.78, 5) is 0. The highest BCUT2D eigenvalue weighted by Gasteiger charge is 2.75. The standard InChI is InChI=1S/C64H106O31/c1-24(2)15-26(88-57-50(81)45(76)41(72)32(19-66)90-57)16-63(8,82)37-27-9-10-35-61(6)13-12-36(60(4,5)34(61)11-14-62(35,7)64(27)17-30(37)86-23-64)92-58-53(95-56-49(80)43(74)38(69)25(3)87-56)51(29(68)21-84-58)93-59-52(94-55-47(78)39(70)28(67)20-83-55)46(77)42(73)33(91-59)22-85-54-48(79)44(75)40(71)31(18-65)89-54/h15,25-59,65-82H,9-14,16-23H2,1-8H3/t25-,26-,27-,28-,29-,30-,31+,32+,33-,34+,35-,36-,37-,38-,39-,40+,41+,42+,43+,44-,45+,46-,47+,48-,49+,50+,51+,52+,53+,54-,55+,56+,57-,58-,59+,61-,62-,63-,64+/m0/s1. The van der Waals surface area contributed by atoms with E-state index in [2.05, 4.69) is 27.7 Å². The molecule has 31 heteroatoms. The summed E-state index contributed by atoms with van der Waals surface area (Å²) in [5.74, 6) is -0.0192. The number of hydrogen-bond acceptors (Lipinski definition) is 31. The molecule has 7 aliphatic heterocycles. The summed E-state index contributed by atoms with van der Waals surface area (Å²) in [5.41, 5.74) is -1.96. The quantitative estimate of drug-likeness (QED) is 0.0424. The van der Waals surface area contributed by atoms with Crippen LogP contribution in [0.2, 0.25) is 0 Å².